The fourth-order valence-electron chi connectivity index (χ4n) is 1.05. The summed E-state index contributed by atoms with van der Waals surface area (Å²) < 4.78 is 0. The Bertz CT molecular complexity index is 177. The number of rotatable bonds is 4. The minimum Gasteiger partial charge on any atom is -0.368 e. The van der Waals surface area contributed by atoms with Gasteiger partial charge in [-0.05, 0) is 12.8 Å². The van der Waals surface area contributed by atoms with E-state index in [-0.39, 0.29) is 0 Å². The molecule has 2 N–H and O–H groups in total. The Morgan fingerprint density at radius 2 is 2.27 bits per heavy atom. The Hall–Kier alpha value is -0.990. The molecule has 0 spiro atoms. The number of aromatic nitrogens is 2. The molecule has 3 nitrogen and oxygen atoms in total. The number of aromatic amines is 1. The number of H-pyrrole nitrogens is 1. The Morgan fingerprint density at radius 3 is 2.73 bits per heavy atom. The van der Waals surface area contributed by atoms with Gasteiger partial charge >= 0.3 is 0 Å². The summed E-state index contributed by atoms with van der Waals surface area (Å²) in [6, 6.07) is 0.565. The van der Waals surface area contributed by atoms with E-state index in [0.29, 0.717) is 6.04 Å². The average Bonchev–Trinajstić information content (AvgIpc) is 2.52. The third-order valence-corrected chi connectivity index (χ3v) is 1.84. The van der Waals surface area contributed by atoms with Crippen LogP contribution in [0.15, 0.2) is 12.5 Å². The summed E-state index contributed by atoms with van der Waals surface area (Å²) in [4.78, 5) is 6.94. The van der Waals surface area contributed by atoms with E-state index in [1.165, 1.54) is 0 Å². The largest absolute Gasteiger partial charge is 0.368 e. The molecule has 11 heavy (non-hydrogen) atoms. The first kappa shape index (κ1) is 8.11. The standard InChI is InChI=1S/C8H15N3/c1-3-7(4-2)11-8-5-9-6-10-8/h5-7,11H,3-4H2,1-2H3,(H,9,10). The lowest BCUT2D eigenvalue weighted by atomic mass is 10.2. The molecule has 0 fully saturated rings. The van der Waals surface area contributed by atoms with Crippen molar-refractivity contribution in [1.29, 1.82) is 0 Å². The molecule has 1 rings (SSSR count). The third-order valence-electron chi connectivity index (χ3n) is 1.84. The highest BCUT2D eigenvalue weighted by Crippen LogP contribution is 2.06. The summed E-state index contributed by atoms with van der Waals surface area (Å²) in [7, 11) is 0. The van der Waals surface area contributed by atoms with Crippen molar-refractivity contribution in [2.24, 2.45) is 0 Å². The van der Waals surface area contributed by atoms with Crippen LogP contribution in [0.2, 0.25) is 0 Å². The molecule has 3 heteroatoms. The first-order valence-electron chi connectivity index (χ1n) is 4.11. The monoisotopic (exact) mass is 153 g/mol. The minimum absolute atomic E-state index is 0.565. The molecule has 1 aromatic rings. The molecule has 0 aliphatic rings. The number of hydrogen-bond donors (Lipinski definition) is 2. The van der Waals surface area contributed by atoms with Gasteiger partial charge in [-0.15, -0.1) is 0 Å². The van der Waals surface area contributed by atoms with Gasteiger partial charge < -0.3 is 10.3 Å². The van der Waals surface area contributed by atoms with E-state index >= 15 is 0 Å². The second-order valence-electron chi connectivity index (χ2n) is 2.62. The normalized spacial score (nSPS) is 10.5. The molecule has 1 heterocycles. The lowest BCUT2D eigenvalue weighted by Gasteiger charge is -2.13. The van der Waals surface area contributed by atoms with E-state index in [1.54, 1.807) is 12.5 Å². The Balaban J connectivity index is 2.41. The molecule has 0 radical (unpaired) electrons. The topological polar surface area (TPSA) is 40.7 Å². The first-order valence-corrected chi connectivity index (χ1v) is 4.11. The summed E-state index contributed by atoms with van der Waals surface area (Å²) in [5.74, 6) is 1.01. The maximum atomic E-state index is 3.93. The number of imidazole rings is 1. The van der Waals surface area contributed by atoms with Crippen molar-refractivity contribution < 1.29 is 0 Å². The van der Waals surface area contributed by atoms with Crippen LogP contribution < -0.4 is 5.32 Å². The fourth-order valence-corrected chi connectivity index (χ4v) is 1.05. The van der Waals surface area contributed by atoms with Crippen molar-refractivity contribution in [3.63, 3.8) is 0 Å². The number of nitrogens with zero attached hydrogens (tertiary/aromatic N) is 1. The van der Waals surface area contributed by atoms with Crippen LogP contribution in [0, 0.1) is 0 Å². The second kappa shape index (κ2) is 4.01. The summed E-state index contributed by atoms with van der Waals surface area (Å²) in [5, 5.41) is 3.34. The van der Waals surface area contributed by atoms with Crippen LogP contribution in [0.3, 0.4) is 0 Å². The van der Waals surface area contributed by atoms with E-state index in [9.17, 15) is 0 Å². The van der Waals surface area contributed by atoms with Crippen LogP contribution in [0.5, 0.6) is 0 Å². The molecular weight excluding hydrogens is 138 g/mol. The number of hydrogen-bond acceptors (Lipinski definition) is 2. The molecule has 0 aliphatic heterocycles. The van der Waals surface area contributed by atoms with Crippen LogP contribution in [-0.4, -0.2) is 16.0 Å². The molecule has 0 aromatic carbocycles. The highest BCUT2D eigenvalue weighted by molar-refractivity contribution is 5.31. The van der Waals surface area contributed by atoms with Gasteiger partial charge in [0.25, 0.3) is 0 Å². The highest BCUT2D eigenvalue weighted by Gasteiger charge is 2.01. The molecule has 0 aliphatic carbocycles. The quantitative estimate of drug-likeness (QED) is 0.694. The second-order valence-corrected chi connectivity index (χ2v) is 2.62. The average molecular weight is 153 g/mol. The van der Waals surface area contributed by atoms with Crippen molar-refractivity contribution in [3.8, 4) is 0 Å². The summed E-state index contributed by atoms with van der Waals surface area (Å²) in [6.07, 6.45) is 5.79. The summed E-state index contributed by atoms with van der Waals surface area (Å²) in [6.45, 7) is 4.36. The molecule has 0 atom stereocenters. The maximum absolute atomic E-state index is 3.93. The molecule has 0 saturated heterocycles. The Kier molecular flexibility index (Phi) is 2.95. The molecule has 1 aromatic heterocycles. The van der Waals surface area contributed by atoms with Crippen molar-refractivity contribution in [2.75, 3.05) is 5.32 Å². The van der Waals surface area contributed by atoms with E-state index in [1.807, 2.05) is 0 Å². The summed E-state index contributed by atoms with van der Waals surface area (Å²) >= 11 is 0. The zero-order valence-electron chi connectivity index (χ0n) is 7.09. The highest BCUT2D eigenvalue weighted by atomic mass is 15.1. The molecular formula is C8H15N3. The van der Waals surface area contributed by atoms with E-state index in [0.717, 1.165) is 18.7 Å². The van der Waals surface area contributed by atoms with E-state index < -0.39 is 0 Å². The van der Waals surface area contributed by atoms with Gasteiger partial charge in [-0.2, -0.15) is 0 Å². The fraction of sp³-hybridized carbons (Fsp3) is 0.625. The van der Waals surface area contributed by atoms with Crippen LogP contribution in [0.25, 0.3) is 0 Å². The van der Waals surface area contributed by atoms with Gasteiger partial charge in [0.05, 0.1) is 12.5 Å². The summed E-state index contributed by atoms with van der Waals surface area (Å²) in [5.41, 5.74) is 0. The van der Waals surface area contributed by atoms with Crippen LogP contribution in [0.4, 0.5) is 5.82 Å². The van der Waals surface area contributed by atoms with Gasteiger partial charge in [-0.1, -0.05) is 13.8 Å². The van der Waals surface area contributed by atoms with Gasteiger partial charge in [-0.3, -0.25) is 0 Å². The smallest absolute Gasteiger partial charge is 0.123 e. The Morgan fingerprint density at radius 1 is 1.55 bits per heavy atom. The minimum atomic E-state index is 0.565. The molecule has 62 valence electrons. The molecule has 0 saturated carbocycles. The van der Waals surface area contributed by atoms with Gasteiger partial charge in [0.15, 0.2) is 0 Å². The van der Waals surface area contributed by atoms with Gasteiger partial charge in [0, 0.05) is 6.04 Å². The van der Waals surface area contributed by atoms with Crippen LogP contribution in [-0.2, 0) is 0 Å². The zero-order valence-corrected chi connectivity index (χ0v) is 7.09. The Labute approximate surface area is 67.2 Å². The maximum Gasteiger partial charge on any atom is 0.123 e. The molecule has 0 bridgehead atoms. The molecule has 0 amide bonds. The lowest BCUT2D eigenvalue weighted by molar-refractivity contribution is 0.669. The first-order chi connectivity index (χ1) is 5.36. The van der Waals surface area contributed by atoms with Crippen LogP contribution >= 0.6 is 0 Å². The third kappa shape index (κ3) is 2.26. The van der Waals surface area contributed by atoms with Crippen molar-refractivity contribution in [3.05, 3.63) is 12.5 Å². The van der Waals surface area contributed by atoms with Gasteiger partial charge in [0.2, 0.25) is 0 Å². The number of nitrogens with one attached hydrogen (secondary N) is 2. The lowest BCUT2D eigenvalue weighted by Crippen LogP contribution is -2.16. The van der Waals surface area contributed by atoms with Crippen molar-refractivity contribution in [1.82, 2.24) is 9.97 Å². The zero-order chi connectivity index (χ0) is 8.10. The van der Waals surface area contributed by atoms with Crippen molar-refractivity contribution in [2.45, 2.75) is 32.7 Å². The number of anilines is 1. The van der Waals surface area contributed by atoms with Gasteiger partial charge in [0.1, 0.15) is 5.82 Å². The van der Waals surface area contributed by atoms with E-state index in [4.69, 9.17) is 0 Å². The SMILES string of the molecule is CCC(CC)Nc1cnc[nH]1. The van der Waals surface area contributed by atoms with Gasteiger partial charge in [-0.25, -0.2) is 4.98 Å². The van der Waals surface area contributed by atoms with E-state index in [2.05, 4.69) is 29.1 Å². The van der Waals surface area contributed by atoms with Crippen LogP contribution in [0.1, 0.15) is 26.7 Å². The predicted octanol–water partition coefficient (Wildman–Crippen LogP) is 2.01. The molecule has 0 unspecified atom stereocenters. The predicted molar refractivity (Wildman–Crippen MR) is 46.6 cm³/mol. The van der Waals surface area contributed by atoms with Crippen molar-refractivity contribution >= 4 is 5.82 Å².